The van der Waals surface area contributed by atoms with Gasteiger partial charge >= 0.3 is 0 Å². The van der Waals surface area contributed by atoms with Crippen LogP contribution in [0.15, 0.2) is 71.6 Å². The molecule has 180 valence electrons. The van der Waals surface area contributed by atoms with Gasteiger partial charge in [0.2, 0.25) is 15.9 Å². The number of benzene rings is 3. The molecule has 2 aliphatic heterocycles. The van der Waals surface area contributed by atoms with Crippen LogP contribution in [0.5, 0.6) is 11.5 Å². The Kier molecular flexibility index (Phi) is 6.04. The van der Waals surface area contributed by atoms with E-state index in [1.165, 1.54) is 23.4 Å². The molecule has 5 rings (SSSR count). The molecule has 3 aromatic carbocycles. The number of anilines is 1. The maximum Gasteiger partial charge on any atom is 0.244 e. The number of rotatable bonds is 5. The molecule has 2 aliphatic rings. The van der Waals surface area contributed by atoms with Crippen molar-refractivity contribution in [2.75, 3.05) is 18.5 Å². The van der Waals surface area contributed by atoms with Gasteiger partial charge in [0.25, 0.3) is 0 Å². The predicted molar refractivity (Wildman–Crippen MR) is 129 cm³/mol. The molecule has 3 aromatic rings. The zero-order chi connectivity index (χ0) is 24.6. The minimum absolute atomic E-state index is 0.0322. The summed E-state index contributed by atoms with van der Waals surface area (Å²) >= 11 is 0. The van der Waals surface area contributed by atoms with E-state index in [0.29, 0.717) is 36.0 Å². The molecule has 0 aromatic heterocycles. The van der Waals surface area contributed by atoms with E-state index in [2.05, 4.69) is 5.32 Å². The summed E-state index contributed by atoms with van der Waals surface area (Å²) in [6.45, 7) is 2.26. The highest BCUT2D eigenvalue weighted by Crippen LogP contribution is 2.35. The standard InChI is InChI=1S/C26H24N2O6S/c1-17(29)18-6-8-21(9-7-18)27-26(30)23-14-19-4-2-3-5-20(19)16-28(23)35(31,32)22-10-11-24-25(15-22)34-13-12-33-24/h2-11,15,23H,12-14,16H2,1H3,(H,27,30). The summed E-state index contributed by atoms with van der Waals surface area (Å²) in [6.07, 6.45) is 0.233. The molecule has 2 heterocycles. The largest absolute Gasteiger partial charge is 0.486 e. The van der Waals surface area contributed by atoms with Gasteiger partial charge in [-0.1, -0.05) is 24.3 Å². The van der Waals surface area contributed by atoms with Crippen LogP contribution in [0.4, 0.5) is 5.69 Å². The number of carbonyl (C=O) groups is 2. The van der Waals surface area contributed by atoms with E-state index in [0.717, 1.165) is 11.1 Å². The third kappa shape index (κ3) is 4.52. The van der Waals surface area contributed by atoms with Crippen molar-refractivity contribution >= 4 is 27.4 Å². The number of ketones is 1. The fourth-order valence-electron chi connectivity index (χ4n) is 4.31. The van der Waals surface area contributed by atoms with Crippen LogP contribution >= 0.6 is 0 Å². The average Bonchev–Trinajstić information content (AvgIpc) is 2.87. The molecule has 35 heavy (non-hydrogen) atoms. The molecular formula is C26H24N2O6S. The van der Waals surface area contributed by atoms with E-state index in [4.69, 9.17) is 9.47 Å². The maximum atomic E-state index is 13.8. The first-order valence-electron chi connectivity index (χ1n) is 11.2. The monoisotopic (exact) mass is 492 g/mol. The van der Waals surface area contributed by atoms with Gasteiger partial charge < -0.3 is 14.8 Å². The van der Waals surface area contributed by atoms with Gasteiger partial charge in [0.05, 0.1) is 4.90 Å². The number of hydrogen-bond acceptors (Lipinski definition) is 6. The molecule has 1 amide bonds. The highest BCUT2D eigenvalue weighted by Gasteiger charge is 2.40. The number of nitrogens with zero attached hydrogens (tertiary/aromatic N) is 1. The SMILES string of the molecule is CC(=O)c1ccc(NC(=O)C2Cc3ccccc3CN2S(=O)(=O)c2ccc3c(c2)OCCO3)cc1. The second-order valence-corrected chi connectivity index (χ2v) is 10.4. The summed E-state index contributed by atoms with van der Waals surface area (Å²) < 4.78 is 39.9. The lowest BCUT2D eigenvalue weighted by atomic mass is 9.95. The quantitative estimate of drug-likeness (QED) is 0.548. The second kappa shape index (κ2) is 9.16. The Labute approximate surface area is 203 Å². The number of Topliss-reactive ketones (excluding diaryl/α,β-unsaturated/α-hetero) is 1. The number of ether oxygens (including phenoxy) is 2. The van der Waals surface area contributed by atoms with Crippen molar-refractivity contribution in [3.8, 4) is 11.5 Å². The summed E-state index contributed by atoms with van der Waals surface area (Å²) in [5.41, 5.74) is 2.78. The third-order valence-electron chi connectivity index (χ3n) is 6.19. The zero-order valence-electron chi connectivity index (χ0n) is 19.1. The molecule has 8 nitrogen and oxygen atoms in total. The van der Waals surface area contributed by atoms with Crippen molar-refractivity contribution in [3.63, 3.8) is 0 Å². The molecule has 1 unspecified atom stereocenters. The fourth-order valence-corrected chi connectivity index (χ4v) is 5.89. The van der Waals surface area contributed by atoms with Crippen molar-refractivity contribution < 1.29 is 27.5 Å². The van der Waals surface area contributed by atoms with E-state index in [-0.39, 0.29) is 23.6 Å². The Morgan fingerprint density at radius 2 is 1.60 bits per heavy atom. The van der Waals surface area contributed by atoms with Gasteiger partial charge in [0.1, 0.15) is 19.3 Å². The minimum Gasteiger partial charge on any atom is -0.486 e. The molecule has 0 fully saturated rings. The van der Waals surface area contributed by atoms with Gasteiger partial charge in [0.15, 0.2) is 17.3 Å². The molecule has 0 bridgehead atoms. The lowest BCUT2D eigenvalue weighted by Gasteiger charge is -2.35. The van der Waals surface area contributed by atoms with Gasteiger partial charge in [-0.05, 0) is 60.9 Å². The van der Waals surface area contributed by atoms with Crippen LogP contribution in [0, 0.1) is 0 Å². The molecule has 0 saturated carbocycles. The Morgan fingerprint density at radius 3 is 2.31 bits per heavy atom. The molecule has 0 saturated heterocycles. The summed E-state index contributed by atoms with van der Waals surface area (Å²) in [6, 6.07) is 17.5. The number of amides is 1. The van der Waals surface area contributed by atoms with E-state index in [1.54, 1.807) is 30.3 Å². The first kappa shape index (κ1) is 23.1. The van der Waals surface area contributed by atoms with Crippen LogP contribution in [0.25, 0.3) is 0 Å². The molecule has 0 aliphatic carbocycles. The third-order valence-corrected chi connectivity index (χ3v) is 8.04. The Hall–Kier alpha value is -3.69. The summed E-state index contributed by atoms with van der Waals surface area (Å²) in [4.78, 5) is 25.0. The molecular weight excluding hydrogens is 468 g/mol. The molecule has 0 radical (unpaired) electrons. The van der Waals surface area contributed by atoms with Crippen molar-refractivity contribution in [3.05, 3.63) is 83.4 Å². The first-order valence-corrected chi connectivity index (χ1v) is 12.7. The number of hydrogen-bond donors (Lipinski definition) is 1. The predicted octanol–water partition coefficient (Wildman–Crippen LogP) is 3.41. The van der Waals surface area contributed by atoms with Gasteiger partial charge in [-0.2, -0.15) is 4.31 Å². The van der Waals surface area contributed by atoms with E-state index < -0.39 is 22.0 Å². The van der Waals surface area contributed by atoms with Crippen LogP contribution in [-0.4, -0.2) is 43.7 Å². The van der Waals surface area contributed by atoms with Crippen molar-refractivity contribution in [2.45, 2.75) is 30.8 Å². The van der Waals surface area contributed by atoms with Crippen molar-refractivity contribution in [2.24, 2.45) is 0 Å². The Balaban J connectivity index is 1.48. The average molecular weight is 493 g/mol. The number of fused-ring (bicyclic) bond motifs is 2. The fraction of sp³-hybridized carbons (Fsp3) is 0.231. The van der Waals surface area contributed by atoms with Gasteiger partial charge in [-0.25, -0.2) is 8.42 Å². The Morgan fingerprint density at radius 1 is 0.914 bits per heavy atom. The first-order chi connectivity index (χ1) is 16.8. The minimum atomic E-state index is -4.05. The van der Waals surface area contributed by atoms with Crippen LogP contribution < -0.4 is 14.8 Å². The lowest BCUT2D eigenvalue weighted by molar-refractivity contribution is -0.120. The van der Waals surface area contributed by atoms with Crippen LogP contribution in [0.2, 0.25) is 0 Å². The Bertz CT molecular complexity index is 1400. The van der Waals surface area contributed by atoms with Gasteiger partial charge in [-0.15, -0.1) is 0 Å². The smallest absolute Gasteiger partial charge is 0.244 e. The maximum absolute atomic E-state index is 13.8. The number of nitrogens with one attached hydrogen (secondary N) is 1. The van der Waals surface area contributed by atoms with Crippen LogP contribution in [-0.2, 0) is 27.8 Å². The van der Waals surface area contributed by atoms with E-state index in [1.807, 2.05) is 24.3 Å². The normalized spacial score (nSPS) is 17.3. The zero-order valence-corrected chi connectivity index (χ0v) is 19.9. The summed E-state index contributed by atoms with van der Waals surface area (Å²) in [5.74, 6) is 0.323. The molecule has 1 N–H and O–H groups in total. The lowest BCUT2D eigenvalue weighted by Crippen LogP contribution is -2.50. The topological polar surface area (TPSA) is 102 Å². The van der Waals surface area contributed by atoms with Crippen LogP contribution in [0.1, 0.15) is 28.4 Å². The van der Waals surface area contributed by atoms with Gasteiger partial charge in [-0.3, -0.25) is 9.59 Å². The summed E-state index contributed by atoms with van der Waals surface area (Å²) in [5, 5.41) is 2.81. The van der Waals surface area contributed by atoms with Crippen LogP contribution in [0.3, 0.4) is 0 Å². The second-order valence-electron chi connectivity index (χ2n) is 8.47. The van der Waals surface area contributed by atoms with E-state index >= 15 is 0 Å². The number of carbonyl (C=O) groups excluding carboxylic acids is 2. The van der Waals surface area contributed by atoms with E-state index in [9.17, 15) is 18.0 Å². The highest BCUT2D eigenvalue weighted by atomic mass is 32.2. The highest BCUT2D eigenvalue weighted by molar-refractivity contribution is 7.89. The summed E-state index contributed by atoms with van der Waals surface area (Å²) in [7, 11) is -4.05. The number of sulfonamides is 1. The molecule has 1 atom stereocenters. The molecule has 9 heteroatoms. The molecule has 0 spiro atoms. The van der Waals surface area contributed by atoms with Crippen molar-refractivity contribution in [1.82, 2.24) is 4.31 Å². The van der Waals surface area contributed by atoms with Crippen molar-refractivity contribution in [1.29, 1.82) is 0 Å². The van der Waals surface area contributed by atoms with Gasteiger partial charge in [0, 0.05) is 23.9 Å².